The summed E-state index contributed by atoms with van der Waals surface area (Å²) < 4.78 is 13.8. The van der Waals surface area contributed by atoms with Crippen LogP contribution in [0, 0.1) is 18.7 Å². The molecule has 0 aliphatic carbocycles. The molecule has 2 aromatic rings. The molecule has 7 heteroatoms. The first-order valence-corrected chi connectivity index (χ1v) is 11.0. The van der Waals surface area contributed by atoms with Crippen molar-refractivity contribution in [3.63, 3.8) is 0 Å². The lowest BCUT2D eigenvalue weighted by Gasteiger charge is -2.37. The van der Waals surface area contributed by atoms with Gasteiger partial charge >= 0.3 is 0 Å². The Bertz CT molecular complexity index is 917. The van der Waals surface area contributed by atoms with Gasteiger partial charge in [-0.15, -0.1) is 0 Å². The molecule has 1 aromatic heterocycles. The quantitative estimate of drug-likeness (QED) is 0.819. The Hall–Kier alpha value is -2.96. The molecule has 164 valence electrons. The molecule has 0 bridgehead atoms. The normalized spacial score (nSPS) is 18.1. The van der Waals surface area contributed by atoms with E-state index in [9.17, 15) is 14.0 Å². The van der Waals surface area contributed by atoms with E-state index in [-0.39, 0.29) is 29.3 Å². The third-order valence-electron chi connectivity index (χ3n) is 6.32. The van der Waals surface area contributed by atoms with E-state index in [1.54, 1.807) is 12.1 Å². The molecular formula is C24H29FN4O2. The summed E-state index contributed by atoms with van der Waals surface area (Å²) >= 11 is 0. The number of anilines is 1. The van der Waals surface area contributed by atoms with Gasteiger partial charge in [0.05, 0.1) is 5.56 Å². The van der Waals surface area contributed by atoms with Crippen molar-refractivity contribution in [3.8, 4) is 0 Å². The van der Waals surface area contributed by atoms with Gasteiger partial charge in [-0.2, -0.15) is 0 Å². The Morgan fingerprint density at radius 3 is 2.35 bits per heavy atom. The fourth-order valence-corrected chi connectivity index (χ4v) is 4.41. The number of rotatable bonds is 4. The number of likely N-dealkylation sites (tertiary alicyclic amines) is 1. The molecule has 1 aromatic carbocycles. The molecule has 0 atom stereocenters. The van der Waals surface area contributed by atoms with Crippen molar-refractivity contribution in [1.29, 1.82) is 0 Å². The zero-order chi connectivity index (χ0) is 21.8. The standard InChI is InChI=1S/C24H29FN4O2/c1-17-6-7-22(26-16-17)28-12-8-18(9-13-28)24(31)29-14-10-19(11-15-29)27-23(30)20-4-2-3-5-21(20)25/h2-7,16,18-19H,8-15H2,1H3,(H,27,30). The molecule has 2 aliphatic rings. The number of nitrogens with one attached hydrogen (secondary N) is 1. The van der Waals surface area contributed by atoms with E-state index in [0.717, 1.165) is 37.3 Å². The van der Waals surface area contributed by atoms with Crippen molar-refractivity contribution in [3.05, 3.63) is 59.5 Å². The van der Waals surface area contributed by atoms with Crippen LogP contribution in [0.5, 0.6) is 0 Å². The highest BCUT2D eigenvalue weighted by molar-refractivity contribution is 5.94. The van der Waals surface area contributed by atoms with Crippen LogP contribution in [-0.4, -0.2) is 53.9 Å². The van der Waals surface area contributed by atoms with Crippen molar-refractivity contribution in [1.82, 2.24) is 15.2 Å². The first-order valence-electron chi connectivity index (χ1n) is 11.0. The van der Waals surface area contributed by atoms with E-state index in [1.807, 2.05) is 24.1 Å². The number of hydrogen-bond acceptors (Lipinski definition) is 4. The van der Waals surface area contributed by atoms with E-state index in [0.29, 0.717) is 25.9 Å². The van der Waals surface area contributed by atoms with Crippen LogP contribution in [-0.2, 0) is 4.79 Å². The topological polar surface area (TPSA) is 65.5 Å². The van der Waals surface area contributed by atoms with Gasteiger partial charge in [-0.25, -0.2) is 9.37 Å². The first-order chi connectivity index (χ1) is 15.0. The number of pyridine rings is 1. The highest BCUT2D eigenvalue weighted by atomic mass is 19.1. The maximum atomic E-state index is 13.8. The van der Waals surface area contributed by atoms with Gasteiger partial charge in [0.1, 0.15) is 11.6 Å². The van der Waals surface area contributed by atoms with Gasteiger partial charge in [-0.1, -0.05) is 18.2 Å². The van der Waals surface area contributed by atoms with E-state index < -0.39 is 5.82 Å². The van der Waals surface area contributed by atoms with Gasteiger partial charge < -0.3 is 15.1 Å². The molecule has 2 fully saturated rings. The van der Waals surface area contributed by atoms with Gasteiger partial charge in [0, 0.05) is 44.3 Å². The van der Waals surface area contributed by atoms with E-state index in [2.05, 4.69) is 21.3 Å². The second-order valence-electron chi connectivity index (χ2n) is 8.51. The minimum Gasteiger partial charge on any atom is -0.357 e. The van der Waals surface area contributed by atoms with Gasteiger partial charge in [0.15, 0.2) is 0 Å². The second-order valence-corrected chi connectivity index (χ2v) is 8.51. The predicted octanol–water partition coefficient (Wildman–Crippen LogP) is 3.17. The third kappa shape index (κ3) is 5.03. The van der Waals surface area contributed by atoms with Crippen LogP contribution in [0.25, 0.3) is 0 Å². The monoisotopic (exact) mass is 424 g/mol. The summed E-state index contributed by atoms with van der Waals surface area (Å²) in [6, 6.07) is 10.1. The largest absolute Gasteiger partial charge is 0.357 e. The van der Waals surface area contributed by atoms with Gasteiger partial charge in [-0.3, -0.25) is 9.59 Å². The maximum absolute atomic E-state index is 13.8. The zero-order valence-electron chi connectivity index (χ0n) is 17.9. The molecule has 31 heavy (non-hydrogen) atoms. The summed E-state index contributed by atoms with van der Waals surface area (Å²) in [6.07, 6.45) is 4.93. The summed E-state index contributed by atoms with van der Waals surface area (Å²) in [5.74, 6) is 0.337. The number of carbonyl (C=O) groups is 2. The lowest BCUT2D eigenvalue weighted by Crippen LogP contribution is -2.49. The molecule has 0 unspecified atom stereocenters. The van der Waals surface area contributed by atoms with Crippen LogP contribution in [0.3, 0.4) is 0 Å². The average Bonchev–Trinajstić information content (AvgIpc) is 2.80. The minimum atomic E-state index is -0.514. The van der Waals surface area contributed by atoms with Crippen LogP contribution < -0.4 is 10.2 Å². The van der Waals surface area contributed by atoms with Crippen molar-refractivity contribution < 1.29 is 14.0 Å². The third-order valence-corrected chi connectivity index (χ3v) is 6.32. The molecule has 4 rings (SSSR count). The predicted molar refractivity (Wildman–Crippen MR) is 117 cm³/mol. The lowest BCUT2D eigenvalue weighted by atomic mass is 9.93. The summed E-state index contributed by atoms with van der Waals surface area (Å²) in [6.45, 7) is 4.95. The Morgan fingerprint density at radius 2 is 1.71 bits per heavy atom. The number of halogens is 1. The van der Waals surface area contributed by atoms with Crippen molar-refractivity contribution in [2.45, 2.75) is 38.6 Å². The molecule has 3 heterocycles. The summed E-state index contributed by atoms with van der Waals surface area (Å²) in [5, 5.41) is 2.91. The Balaban J connectivity index is 1.24. The molecule has 0 saturated carbocycles. The number of amides is 2. The van der Waals surface area contributed by atoms with Crippen molar-refractivity contribution in [2.75, 3.05) is 31.1 Å². The maximum Gasteiger partial charge on any atom is 0.254 e. The lowest BCUT2D eigenvalue weighted by molar-refractivity contribution is -0.137. The molecule has 6 nitrogen and oxygen atoms in total. The van der Waals surface area contributed by atoms with Crippen LogP contribution in [0.2, 0.25) is 0 Å². The van der Waals surface area contributed by atoms with Crippen LogP contribution in [0.4, 0.5) is 10.2 Å². The number of carbonyl (C=O) groups excluding carboxylic acids is 2. The summed E-state index contributed by atoms with van der Waals surface area (Å²) in [7, 11) is 0. The average molecular weight is 425 g/mol. The molecule has 0 spiro atoms. The molecule has 1 N–H and O–H groups in total. The van der Waals surface area contributed by atoms with Gasteiger partial charge in [0.25, 0.3) is 5.91 Å². The Kier molecular flexibility index (Phi) is 6.49. The first kappa shape index (κ1) is 21.3. The number of benzene rings is 1. The van der Waals surface area contributed by atoms with Crippen LogP contribution in [0.1, 0.15) is 41.6 Å². The van der Waals surface area contributed by atoms with Crippen LogP contribution >= 0.6 is 0 Å². The Labute approximate surface area is 182 Å². The smallest absolute Gasteiger partial charge is 0.254 e. The van der Waals surface area contributed by atoms with Gasteiger partial charge in [-0.05, 0) is 56.4 Å². The van der Waals surface area contributed by atoms with E-state index in [4.69, 9.17) is 0 Å². The van der Waals surface area contributed by atoms with Crippen LogP contribution in [0.15, 0.2) is 42.6 Å². The highest BCUT2D eigenvalue weighted by Gasteiger charge is 2.31. The zero-order valence-corrected chi connectivity index (χ0v) is 17.9. The second kappa shape index (κ2) is 9.45. The molecule has 0 radical (unpaired) electrons. The van der Waals surface area contributed by atoms with Crippen molar-refractivity contribution in [2.24, 2.45) is 5.92 Å². The number of hydrogen-bond donors (Lipinski definition) is 1. The summed E-state index contributed by atoms with van der Waals surface area (Å²) in [4.78, 5) is 34.0. The van der Waals surface area contributed by atoms with Crippen molar-refractivity contribution >= 4 is 17.6 Å². The molecular weight excluding hydrogens is 395 g/mol. The van der Waals surface area contributed by atoms with E-state index in [1.165, 1.54) is 12.1 Å². The number of nitrogens with zero attached hydrogens (tertiary/aromatic N) is 3. The molecule has 2 amide bonds. The molecule has 2 saturated heterocycles. The number of aryl methyl sites for hydroxylation is 1. The minimum absolute atomic E-state index is 0.0365. The SMILES string of the molecule is Cc1ccc(N2CCC(C(=O)N3CCC(NC(=O)c4ccccc4F)CC3)CC2)nc1. The van der Waals surface area contributed by atoms with E-state index >= 15 is 0 Å². The fourth-order valence-electron chi connectivity index (χ4n) is 4.41. The van der Waals surface area contributed by atoms with Gasteiger partial charge in [0.2, 0.25) is 5.91 Å². The number of piperidine rings is 2. The fraction of sp³-hybridized carbons (Fsp3) is 0.458. The Morgan fingerprint density at radius 1 is 1.00 bits per heavy atom. The molecule has 2 aliphatic heterocycles. The highest BCUT2D eigenvalue weighted by Crippen LogP contribution is 2.25. The number of aromatic nitrogens is 1. The summed E-state index contributed by atoms with van der Waals surface area (Å²) in [5.41, 5.74) is 1.21.